The van der Waals surface area contributed by atoms with E-state index in [0.717, 1.165) is 29.6 Å². The van der Waals surface area contributed by atoms with Crippen LogP contribution >= 0.6 is 12.4 Å². The Bertz CT molecular complexity index is 669. The molecule has 0 aliphatic carbocycles. The predicted molar refractivity (Wildman–Crippen MR) is 89.6 cm³/mol. The quantitative estimate of drug-likeness (QED) is 0.763. The van der Waals surface area contributed by atoms with Gasteiger partial charge in [-0.25, -0.2) is 4.79 Å². The first-order valence-electron chi connectivity index (χ1n) is 6.91. The summed E-state index contributed by atoms with van der Waals surface area (Å²) >= 11 is 0. The topological polar surface area (TPSA) is 42.0 Å². The summed E-state index contributed by atoms with van der Waals surface area (Å²) in [5.41, 5.74) is 1.99. The fourth-order valence-corrected chi connectivity index (χ4v) is 2.71. The first kappa shape index (κ1) is 18.5. The van der Waals surface area contributed by atoms with Crippen molar-refractivity contribution in [2.45, 2.75) is 13.2 Å². The Morgan fingerprint density at radius 2 is 2.00 bits per heavy atom. The van der Waals surface area contributed by atoms with Crippen LogP contribution in [0.1, 0.15) is 5.56 Å². The van der Waals surface area contributed by atoms with E-state index in [4.69, 9.17) is 9.47 Å². The van der Waals surface area contributed by atoms with E-state index in [1.807, 2.05) is 33.0 Å². The highest BCUT2D eigenvalue weighted by molar-refractivity contribution is 5.85. The van der Waals surface area contributed by atoms with Gasteiger partial charge in [0.15, 0.2) is 12.0 Å². The van der Waals surface area contributed by atoms with Gasteiger partial charge in [-0.2, -0.15) is 0 Å². The Balaban J connectivity index is 0.00000242. The SMILES string of the molecule is COC1=c2c(cc(C)cc2=C=O)N(CCN(C)C)C1OC.Cl. The van der Waals surface area contributed by atoms with Gasteiger partial charge in [0.1, 0.15) is 5.94 Å². The number of benzene rings is 1. The molecule has 1 unspecified atom stereocenters. The number of nitrogens with zero attached hydrogens (tertiary/aromatic N) is 2. The van der Waals surface area contributed by atoms with Crippen molar-refractivity contribution in [3.63, 3.8) is 0 Å². The minimum Gasteiger partial charge on any atom is -0.496 e. The number of aryl methyl sites for hydroxylation is 1. The first-order chi connectivity index (χ1) is 10.0. The number of anilines is 1. The molecule has 0 bridgehead atoms. The Kier molecular flexibility index (Phi) is 6.45. The lowest BCUT2D eigenvalue weighted by atomic mass is 10.1. The van der Waals surface area contributed by atoms with Gasteiger partial charge in [0.05, 0.1) is 23.2 Å². The maximum Gasteiger partial charge on any atom is 0.189 e. The number of likely N-dealkylation sites (N-methyl/N-ethyl adjacent to an activating group) is 1. The largest absolute Gasteiger partial charge is 0.496 e. The molecule has 0 spiro atoms. The molecule has 0 fully saturated rings. The molecule has 22 heavy (non-hydrogen) atoms. The molecular formula is C16H23ClN2O3. The third-order valence-corrected chi connectivity index (χ3v) is 3.67. The van der Waals surface area contributed by atoms with Crippen molar-refractivity contribution in [1.29, 1.82) is 0 Å². The minimum absolute atomic E-state index is 0. The molecule has 0 aromatic heterocycles. The average Bonchev–Trinajstić information content (AvgIpc) is 2.76. The van der Waals surface area contributed by atoms with Crippen LogP contribution in [0.15, 0.2) is 12.1 Å². The van der Waals surface area contributed by atoms with Crippen LogP contribution < -0.4 is 15.3 Å². The number of halogens is 1. The highest BCUT2D eigenvalue weighted by Crippen LogP contribution is 2.25. The normalized spacial score (nSPS) is 16.4. The van der Waals surface area contributed by atoms with Gasteiger partial charge in [0, 0.05) is 20.2 Å². The number of hydrogen-bond donors (Lipinski definition) is 0. The summed E-state index contributed by atoms with van der Waals surface area (Å²) in [6, 6.07) is 3.89. The van der Waals surface area contributed by atoms with Crippen molar-refractivity contribution in [3.05, 3.63) is 28.1 Å². The van der Waals surface area contributed by atoms with Crippen molar-refractivity contribution in [2.75, 3.05) is 46.3 Å². The monoisotopic (exact) mass is 326 g/mol. The van der Waals surface area contributed by atoms with Gasteiger partial charge in [-0.3, -0.25) is 0 Å². The molecule has 5 nitrogen and oxygen atoms in total. The number of hydrogen-bond acceptors (Lipinski definition) is 5. The third kappa shape index (κ3) is 3.28. The highest BCUT2D eigenvalue weighted by Gasteiger charge is 2.32. The van der Waals surface area contributed by atoms with E-state index in [1.165, 1.54) is 0 Å². The van der Waals surface area contributed by atoms with Gasteiger partial charge in [0.25, 0.3) is 0 Å². The second-order valence-electron chi connectivity index (χ2n) is 5.46. The van der Waals surface area contributed by atoms with E-state index in [1.54, 1.807) is 14.2 Å². The Labute approximate surface area is 137 Å². The smallest absolute Gasteiger partial charge is 0.189 e. The molecule has 1 aromatic carbocycles. The van der Waals surface area contributed by atoms with Gasteiger partial charge in [0.2, 0.25) is 0 Å². The van der Waals surface area contributed by atoms with Crippen LogP contribution in [0.4, 0.5) is 5.69 Å². The highest BCUT2D eigenvalue weighted by atomic mass is 35.5. The van der Waals surface area contributed by atoms with Crippen molar-refractivity contribution < 1.29 is 14.3 Å². The third-order valence-electron chi connectivity index (χ3n) is 3.67. The molecule has 0 saturated heterocycles. The molecule has 0 N–H and O–H groups in total. The molecule has 0 saturated carbocycles. The molecule has 0 radical (unpaired) electrons. The van der Waals surface area contributed by atoms with Crippen molar-refractivity contribution >= 4 is 29.8 Å². The van der Waals surface area contributed by atoms with E-state index in [0.29, 0.717) is 11.0 Å². The molecule has 1 aliphatic rings. The van der Waals surface area contributed by atoms with Crippen molar-refractivity contribution in [2.24, 2.45) is 0 Å². The Morgan fingerprint density at radius 1 is 1.32 bits per heavy atom. The zero-order chi connectivity index (χ0) is 15.6. The second-order valence-corrected chi connectivity index (χ2v) is 5.46. The van der Waals surface area contributed by atoms with Crippen LogP contribution in [0.5, 0.6) is 0 Å². The first-order valence-corrected chi connectivity index (χ1v) is 6.91. The number of methoxy groups -OCH3 is 2. The van der Waals surface area contributed by atoms with Crippen molar-refractivity contribution in [1.82, 2.24) is 4.90 Å². The van der Waals surface area contributed by atoms with Crippen LogP contribution in [0.3, 0.4) is 0 Å². The summed E-state index contributed by atoms with van der Waals surface area (Å²) in [7, 11) is 7.31. The number of fused-ring (bicyclic) bond motifs is 1. The summed E-state index contributed by atoms with van der Waals surface area (Å²) in [6.07, 6.45) is -0.307. The maximum absolute atomic E-state index is 11.3. The predicted octanol–water partition coefficient (Wildman–Crippen LogP) is 0.0287. The minimum atomic E-state index is -0.307. The summed E-state index contributed by atoms with van der Waals surface area (Å²) < 4.78 is 11.1. The zero-order valence-corrected chi connectivity index (χ0v) is 14.5. The lowest BCUT2D eigenvalue weighted by Crippen LogP contribution is -2.39. The fraction of sp³-hybridized carbons (Fsp3) is 0.500. The standard InChI is InChI=1S/C16H22N2O3.ClH/c1-11-8-12(10-19)14-13(9-11)18(7-6-17(2)3)16(21-5)15(14)20-4;/h8-9,16H,6-7H2,1-5H3;1H. The summed E-state index contributed by atoms with van der Waals surface area (Å²) in [5, 5.41) is 1.32. The van der Waals surface area contributed by atoms with E-state index < -0.39 is 0 Å². The van der Waals surface area contributed by atoms with Crippen LogP contribution in [0, 0.1) is 6.92 Å². The molecular weight excluding hydrogens is 304 g/mol. The summed E-state index contributed by atoms with van der Waals surface area (Å²) in [6.45, 7) is 3.63. The van der Waals surface area contributed by atoms with Gasteiger partial charge in [-0.1, -0.05) is 0 Å². The zero-order valence-electron chi connectivity index (χ0n) is 13.7. The van der Waals surface area contributed by atoms with E-state index in [-0.39, 0.29) is 18.6 Å². The maximum atomic E-state index is 11.3. The van der Waals surface area contributed by atoms with E-state index in [9.17, 15) is 4.79 Å². The lowest BCUT2D eigenvalue weighted by Gasteiger charge is -2.29. The Morgan fingerprint density at radius 3 is 2.50 bits per heavy atom. The van der Waals surface area contributed by atoms with Crippen LogP contribution in [0.2, 0.25) is 0 Å². The molecule has 0 amide bonds. The van der Waals surface area contributed by atoms with Gasteiger partial charge in [-0.15, -0.1) is 12.4 Å². The molecule has 1 aromatic rings. The number of ether oxygens (including phenoxy) is 2. The van der Waals surface area contributed by atoms with E-state index >= 15 is 0 Å². The van der Waals surface area contributed by atoms with Crippen molar-refractivity contribution in [3.8, 4) is 0 Å². The molecule has 6 heteroatoms. The van der Waals surface area contributed by atoms with Crippen LogP contribution in [-0.4, -0.2) is 58.5 Å². The summed E-state index contributed by atoms with van der Waals surface area (Å²) in [5.74, 6) is 2.69. The average molecular weight is 327 g/mol. The van der Waals surface area contributed by atoms with Gasteiger partial charge in [-0.05, 0) is 38.7 Å². The molecule has 122 valence electrons. The lowest BCUT2D eigenvalue weighted by molar-refractivity contribution is 0.115. The Hall–Kier alpha value is -1.52. The second kappa shape index (κ2) is 7.65. The van der Waals surface area contributed by atoms with Gasteiger partial charge >= 0.3 is 0 Å². The molecule has 1 aliphatic heterocycles. The molecule has 1 heterocycles. The van der Waals surface area contributed by atoms with E-state index in [2.05, 4.69) is 15.9 Å². The number of rotatable bonds is 5. The molecule has 1 atom stereocenters. The fourth-order valence-electron chi connectivity index (χ4n) is 2.71. The summed E-state index contributed by atoms with van der Waals surface area (Å²) in [4.78, 5) is 15.5. The van der Waals surface area contributed by atoms with Crippen LogP contribution in [-0.2, 0) is 14.3 Å². The van der Waals surface area contributed by atoms with Gasteiger partial charge < -0.3 is 19.3 Å². The molecule has 2 rings (SSSR count). The number of carbonyl (C=O) groups excluding carboxylic acids is 1. The van der Waals surface area contributed by atoms with Crippen LogP contribution in [0.25, 0.3) is 5.76 Å².